The van der Waals surface area contributed by atoms with Gasteiger partial charge in [0.15, 0.2) is 5.78 Å². The van der Waals surface area contributed by atoms with Crippen LogP contribution in [0.3, 0.4) is 0 Å². The topological polar surface area (TPSA) is 30.2 Å². The third kappa shape index (κ3) is 2.44. The van der Waals surface area contributed by atoms with Crippen molar-refractivity contribution in [2.75, 3.05) is 0 Å². The molecule has 0 aliphatic rings. The molecule has 0 aromatic carbocycles. The van der Waals surface area contributed by atoms with Gasteiger partial charge in [-0.2, -0.15) is 0 Å². The van der Waals surface area contributed by atoms with Crippen LogP contribution in [0.5, 0.6) is 0 Å². The van der Waals surface area contributed by atoms with E-state index in [2.05, 4.69) is 13.8 Å². The fraction of sp³-hybridized carbons (Fsp3) is 0.545. The van der Waals surface area contributed by atoms with Gasteiger partial charge < -0.3 is 4.42 Å². The zero-order valence-electron chi connectivity index (χ0n) is 8.25. The first kappa shape index (κ1) is 10.0. The van der Waals surface area contributed by atoms with E-state index in [0.29, 0.717) is 5.56 Å². The van der Waals surface area contributed by atoms with Gasteiger partial charge in [0, 0.05) is 5.92 Å². The number of carbonyl (C=O) groups is 1. The number of Topliss-reactive ketones (excluding diaryl/α,β-unsaturated/α-hetero) is 1. The molecule has 13 heavy (non-hydrogen) atoms. The fourth-order valence-corrected chi connectivity index (χ4v) is 1.51. The van der Waals surface area contributed by atoms with Crippen molar-refractivity contribution in [2.24, 2.45) is 5.92 Å². The van der Waals surface area contributed by atoms with Gasteiger partial charge in [-0.05, 0) is 18.9 Å². The lowest BCUT2D eigenvalue weighted by molar-refractivity contribution is 0.0908. The van der Waals surface area contributed by atoms with Crippen LogP contribution in [-0.2, 0) is 0 Å². The summed E-state index contributed by atoms with van der Waals surface area (Å²) in [7, 11) is 0. The molecule has 0 saturated carbocycles. The average Bonchev–Trinajstić information content (AvgIpc) is 2.65. The van der Waals surface area contributed by atoms with Crippen LogP contribution in [0.15, 0.2) is 23.0 Å². The maximum Gasteiger partial charge on any atom is 0.169 e. The molecule has 1 aromatic rings. The molecule has 0 unspecified atom stereocenters. The second-order valence-corrected chi connectivity index (χ2v) is 3.27. The molecular weight excluding hydrogens is 164 g/mol. The molecule has 0 saturated heterocycles. The summed E-state index contributed by atoms with van der Waals surface area (Å²) in [5, 5.41) is 0. The summed E-state index contributed by atoms with van der Waals surface area (Å²) in [5.74, 6) is 0.390. The third-order valence-electron chi connectivity index (χ3n) is 2.31. The van der Waals surface area contributed by atoms with Gasteiger partial charge in [-0.1, -0.05) is 20.3 Å². The summed E-state index contributed by atoms with van der Waals surface area (Å²) >= 11 is 0. The SMILES string of the molecule is CCC[C@@H](CC)C(=O)c1ccoc1. The Kier molecular flexibility index (Phi) is 3.74. The Morgan fingerprint density at radius 2 is 2.31 bits per heavy atom. The molecule has 0 radical (unpaired) electrons. The molecule has 2 nitrogen and oxygen atoms in total. The molecular formula is C11H16O2. The van der Waals surface area contributed by atoms with Gasteiger partial charge in [0.25, 0.3) is 0 Å². The van der Waals surface area contributed by atoms with Gasteiger partial charge in [-0.15, -0.1) is 0 Å². The van der Waals surface area contributed by atoms with Crippen molar-refractivity contribution in [3.05, 3.63) is 24.2 Å². The summed E-state index contributed by atoms with van der Waals surface area (Å²) in [5.41, 5.74) is 0.709. The van der Waals surface area contributed by atoms with E-state index < -0.39 is 0 Å². The Morgan fingerprint density at radius 1 is 1.54 bits per heavy atom. The monoisotopic (exact) mass is 180 g/mol. The summed E-state index contributed by atoms with van der Waals surface area (Å²) in [6.45, 7) is 4.16. The Labute approximate surface area is 78.9 Å². The number of furan rings is 1. The van der Waals surface area contributed by atoms with Crippen LogP contribution in [-0.4, -0.2) is 5.78 Å². The highest BCUT2D eigenvalue weighted by atomic mass is 16.3. The zero-order chi connectivity index (χ0) is 9.68. The maximum absolute atomic E-state index is 11.8. The summed E-state index contributed by atoms with van der Waals surface area (Å²) in [6.07, 6.45) is 6.02. The summed E-state index contributed by atoms with van der Waals surface area (Å²) in [6, 6.07) is 1.74. The van der Waals surface area contributed by atoms with Crippen LogP contribution < -0.4 is 0 Å². The molecule has 72 valence electrons. The molecule has 0 N–H and O–H groups in total. The number of hydrogen-bond acceptors (Lipinski definition) is 2. The van der Waals surface area contributed by atoms with E-state index >= 15 is 0 Å². The third-order valence-corrected chi connectivity index (χ3v) is 2.31. The van der Waals surface area contributed by atoms with Crippen LogP contribution >= 0.6 is 0 Å². The largest absolute Gasteiger partial charge is 0.472 e. The second kappa shape index (κ2) is 4.85. The van der Waals surface area contributed by atoms with Gasteiger partial charge in [0.05, 0.1) is 11.8 Å². The standard InChI is InChI=1S/C11H16O2/c1-3-5-9(4-2)11(12)10-6-7-13-8-10/h6-9H,3-5H2,1-2H3/t9-/m1/s1. The summed E-state index contributed by atoms with van der Waals surface area (Å²) < 4.78 is 4.89. The highest BCUT2D eigenvalue weighted by molar-refractivity contribution is 5.97. The van der Waals surface area contributed by atoms with Crippen molar-refractivity contribution in [3.8, 4) is 0 Å². The zero-order valence-corrected chi connectivity index (χ0v) is 8.25. The van der Waals surface area contributed by atoms with Crippen molar-refractivity contribution < 1.29 is 9.21 Å². The van der Waals surface area contributed by atoms with Crippen LogP contribution in [0.2, 0.25) is 0 Å². The molecule has 0 aliphatic heterocycles. The van der Waals surface area contributed by atoms with Gasteiger partial charge in [0.2, 0.25) is 0 Å². The Morgan fingerprint density at radius 3 is 2.77 bits per heavy atom. The van der Waals surface area contributed by atoms with Gasteiger partial charge in [-0.25, -0.2) is 0 Å². The molecule has 1 atom stereocenters. The summed E-state index contributed by atoms with van der Waals surface area (Å²) in [4.78, 5) is 11.8. The van der Waals surface area contributed by atoms with Gasteiger partial charge in [-0.3, -0.25) is 4.79 Å². The van der Waals surface area contributed by atoms with Crippen LogP contribution in [0.25, 0.3) is 0 Å². The van der Waals surface area contributed by atoms with Crippen LogP contribution in [0, 0.1) is 5.92 Å². The highest BCUT2D eigenvalue weighted by Gasteiger charge is 2.17. The first-order valence-corrected chi connectivity index (χ1v) is 4.86. The molecule has 0 spiro atoms. The van der Waals surface area contributed by atoms with Crippen molar-refractivity contribution in [2.45, 2.75) is 33.1 Å². The molecule has 0 aliphatic carbocycles. The lowest BCUT2D eigenvalue weighted by atomic mass is 9.93. The Balaban J connectivity index is 2.65. The lowest BCUT2D eigenvalue weighted by Crippen LogP contribution is -2.12. The van der Waals surface area contributed by atoms with E-state index in [0.717, 1.165) is 19.3 Å². The minimum absolute atomic E-state index is 0.169. The smallest absolute Gasteiger partial charge is 0.169 e. The quantitative estimate of drug-likeness (QED) is 0.651. The van der Waals surface area contributed by atoms with Crippen LogP contribution in [0.4, 0.5) is 0 Å². The average molecular weight is 180 g/mol. The minimum Gasteiger partial charge on any atom is -0.472 e. The Bertz CT molecular complexity index is 249. The number of carbonyl (C=O) groups excluding carboxylic acids is 1. The van der Waals surface area contributed by atoms with Crippen molar-refractivity contribution in [3.63, 3.8) is 0 Å². The van der Waals surface area contributed by atoms with Gasteiger partial charge >= 0.3 is 0 Å². The Hall–Kier alpha value is -1.05. The van der Waals surface area contributed by atoms with Crippen LogP contribution in [0.1, 0.15) is 43.5 Å². The fourth-order valence-electron chi connectivity index (χ4n) is 1.51. The molecule has 2 heteroatoms. The first-order chi connectivity index (χ1) is 6.29. The second-order valence-electron chi connectivity index (χ2n) is 3.27. The molecule has 1 aromatic heterocycles. The van der Waals surface area contributed by atoms with Crippen molar-refractivity contribution in [1.82, 2.24) is 0 Å². The van der Waals surface area contributed by atoms with Crippen molar-refractivity contribution >= 4 is 5.78 Å². The molecule has 0 bridgehead atoms. The predicted molar refractivity (Wildman–Crippen MR) is 51.7 cm³/mol. The number of rotatable bonds is 5. The van der Waals surface area contributed by atoms with E-state index in [-0.39, 0.29) is 11.7 Å². The van der Waals surface area contributed by atoms with E-state index in [1.165, 1.54) is 6.26 Å². The normalized spacial score (nSPS) is 12.8. The van der Waals surface area contributed by atoms with Crippen molar-refractivity contribution in [1.29, 1.82) is 0 Å². The molecule has 1 rings (SSSR count). The number of hydrogen-bond donors (Lipinski definition) is 0. The number of ketones is 1. The predicted octanol–water partition coefficient (Wildman–Crippen LogP) is 3.29. The van der Waals surface area contributed by atoms with E-state index in [1.54, 1.807) is 12.3 Å². The molecule has 1 heterocycles. The highest BCUT2D eigenvalue weighted by Crippen LogP contribution is 2.17. The van der Waals surface area contributed by atoms with E-state index in [1.807, 2.05) is 0 Å². The van der Waals surface area contributed by atoms with Gasteiger partial charge in [0.1, 0.15) is 6.26 Å². The van der Waals surface area contributed by atoms with E-state index in [9.17, 15) is 4.79 Å². The minimum atomic E-state index is 0.169. The molecule has 0 fully saturated rings. The maximum atomic E-state index is 11.8. The van der Waals surface area contributed by atoms with E-state index in [4.69, 9.17) is 4.42 Å². The molecule has 0 amide bonds. The lowest BCUT2D eigenvalue weighted by Gasteiger charge is -2.10. The first-order valence-electron chi connectivity index (χ1n) is 4.86.